The molecule has 0 aromatic heterocycles. The molecule has 0 aliphatic carbocycles. The lowest BCUT2D eigenvalue weighted by Crippen LogP contribution is -2.48. The third kappa shape index (κ3) is 3.54. The molecule has 1 heterocycles. The van der Waals surface area contributed by atoms with Crippen LogP contribution >= 0.6 is 23.2 Å². The van der Waals surface area contributed by atoms with Gasteiger partial charge in [0.05, 0.1) is 4.90 Å². The van der Waals surface area contributed by atoms with Crippen LogP contribution in [0.25, 0.3) is 0 Å². The summed E-state index contributed by atoms with van der Waals surface area (Å²) in [4.78, 5) is 2.45. The van der Waals surface area contributed by atoms with Gasteiger partial charge in [0.2, 0.25) is 10.0 Å². The molecule has 24 heavy (non-hydrogen) atoms. The molecule has 128 valence electrons. The Morgan fingerprint density at radius 2 is 1.46 bits per heavy atom. The summed E-state index contributed by atoms with van der Waals surface area (Å²) >= 11 is 11.9. The van der Waals surface area contributed by atoms with Gasteiger partial charge in [0.25, 0.3) is 0 Å². The first-order valence-electron chi connectivity index (χ1n) is 7.65. The second-order valence-corrected chi connectivity index (χ2v) is 8.59. The molecule has 0 bridgehead atoms. The van der Waals surface area contributed by atoms with Crippen LogP contribution in [0, 0.1) is 6.92 Å². The van der Waals surface area contributed by atoms with E-state index in [1.807, 2.05) is 25.1 Å². The maximum atomic E-state index is 12.7. The first-order valence-corrected chi connectivity index (χ1v) is 9.84. The summed E-state index contributed by atoms with van der Waals surface area (Å²) in [5, 5.41) is 1.21. The minimum Gasteiger partial charge on any atom is -0.369 e. The van der Waals surface area contributed by atoms with Gasteiger partial charge in [-0.2, -0.15) is 4.31 Å². The first-order chi connectivity index (χ1) is 11.4. The van der Waals surface area contributed by atoms with Crippen LogP contribution in [0.2, 0.25) is 10.0 Å². The van der Waals surface area contributed by atoms with E-state index in [4.69, 9.17) is 23.2 Å². The Labute approximate surface area is 152 Å². The maximum Gasteiger partial charge on any atom is 0.243 e. The SMILES string of the molecule is Cc1ccc(Cl)cc1N1CCN(S(=O)(=O)c2ccc(Cl)cc2)CC1. The number of anilines is 1. The smallest absolute Gasteiger partial charge is 0.243 e. The van der Waals surface area contributed by atoms with Crippen LogP contribution < -0.4 is 4.90 Å². The van der Waals surface area contributed by atoms with Crippen molar-refractivity contribution in [2.75, 3.05) is 31.1 Å². The van der Waals surface area contributed by atoms with Crippen molar-refractivity contribution in [1.29, 1.82) is 0 Å². The average molecular weight is 385 g/mol. The first kappa shape index (κ1) is 17.5. The molecule has 2 aromatic rings. The number of hydrogen-bond acceptors (Lipinski definition) is 3. The quantitative estimate of drug-likeness (QED) is 0.807. The van der Waals surface area contributed by atoms with Crippen molar-refractivity contribution < 1.29 is 8.42 Å². The summed E-state index contributed by atoms with van der Waals surface area (Å²) in [5.41, 5.74) is 2.19. The molecule has 1 saturated heterocycles. The van der Waals surface area contributed by atoms with Gasteiger partial charge in [0.1, 0.15) is 0 Å². The Morgan fingerprint density at radius 1 is 0.875 bits per heavy atom. The number of benzene rings is 2. The Kier molecular flexibility index (Phi) is 5.06. The summed E-state index contributed by atoms with van der Waals surface area (Å²) in [6, 6.07) is 12.1. The van der Waals surface area contributed by atoms with Crippen molar-refractivity contribution in [3.05, 3.63) is 58.1 Å². The number of rotatable bonds is 3. The van der Waals surface area contributed by atoms with E-state index in [-0.39, 0.29) is 4.90 Å². The third-order valence-corrected chi connectivity index (χ3v) is 6.60. The van der Waals surface area contributed by atoms with Crippen LogP contribution in [-0.4, -0.2) is 38.9 Å². The van der Waals surface area contributed by atoms with Gasteiger partial charge >= 0.3 is 0 Å². The molecule has 4 nitrogen and oxygen atoms in total. The molecule has 0 N–H and O–H groups in total. The molecule has 0 amide bonds. The van der Waals surface area contributed by atoms with Gasteiger partial charge < -0.3 is 4.90 Å². The van der Waals surface area contributed by atoms with Crippen LogP contribution in [0.5, 0.6) is 0 Å². The molecule has 2 aromatic carbocycles. The molecule has 3 rings (SSSR count). The molecule has 1 aliphatic rings. The van der Waals surface area contributed by atoms with Crippen LogP contribution in [0.1, 0.15) is 5.56 Å². The van der Waals surface area contributed by atoms with Gasteiger partial charge in [-0.3, -0.25) is 0 Å². The fraction of sp³-hybridized carbons (Fsp3) is 0.294. The summed E-state index contributed by atoms with van der Waals surface area (Å²) in [7, 11) is -3.48. The van der Waals surface area contributed by atoms with Gasteiger partial charge in [0.15, 0.2) is 0 Å². The third-order valence-electron chi connectivity index (χ3n) is 4.20. The summed E-state index contributed by atoms with van der Waals surface area (Å²) < 4.78 is 26.9. The van der Waals surface area contributed by atoms with Gasteiger partial charge in [-0.1, -0.05) is 29.3 Å². The monoisotopic (exact) mass is 384 g/mol. The minimum atomic E-state index is -3.48. The van der Waals surface area contributed by atoms with Crippen molar-refractivity contribution in [3.63, 3.8) is 0 Å². The fourth-order valence-electron chi connectivity index (χ4n) is 2.85. The van der Waals surface area contributed by atoms with E-state index in [1.165, 1.54) is 4.31 Å². The van der Waals surface area contributed by atoms with E-state index >= 15 is 0 Å². The molecule has 1 fully saturated rings. The van der Waals surface area contributed by atoms with Crippen LogP contribution in [0.4, 0.5) is 5.69 Å². The highest BCUT2D eigenvalue weighted by atomic mass is 35.5. The molecule has 7 heteroatoms. The second kappa shape index (κ2) is 6.92. The van der Waals surface area contributed by atoms with Gasteiger partial charge in [-0.05, 0) is 48.9 Å². The average Bonchev–Trinajstić information content (AvgIpc) is 2.57. The minimum absolute atomic E-state index is 0.277. The highest BCUT2D eigenvalue weighted by molar-refractivity contribution is 7.89. The number of hydrogen-bond donors (Lipinski definition) is 0. The second-order valence-electron chi connectivity index (χ2n) is 5.78. The predicted octanol–water partition coefficient (Wildman–Crippen LogP) is 3.81. The van der Waals surface area contributed by atoms with Crippen LogP contribution in [0.3, 0.4) is 0 Å². The molecule has 0 radical (unpaired) electrons. The number of nitrogens with zero attached hydrogens (tertiary/aromatic N) is 2. The summed E-state index contributed by atoms with van der Waals surface area (Å²) in [6.07, 6.45) is 0. The lowest BCUT2D eigenvalue weighted by Gasteiger charge is -2.36. The van der Waals surface area contributed by atoms with Crippen LogP contribution in [-0.2, 0) is 10.0 Å². The predicted molar refractivity (Wildman–Crippen MR) is 98.6 cm³/mol. The number of aryl methyl sites for hydroxylation is 1. The highest BCUT2D eigenvalue weighted by Crippen LogP contribution is 2.27. The van der Waals surface area contributed by atoms with E-state index in [2.05, 4.69) is 4.90 Å². The number of piperazine rings is 1. The molecular weight excluding hydrogens is 367 g/mol. The standard InChI is InChI=1S/C17H18Cl2N2O2S/c1-13-2-3-15(19)12-17(13)20-8-10-21(11-9-20)24(22,23)16-6-4-14(18)5-7-16/h2-7,12H,8-11H2,1H3. The molecule has 0 saturated carbocycles. The molecule has 0 atom stereocenters. The van der Waals surface area contributed by atoms with Gasteiger partial charge in [0, 0.05) is 41.9 Å². The van der Waals surface area contributed by atoms with Crippen molar-refractivity contribution in [1.82, 2.24) is 4.31 Å². The zero-order valence-electron chi connectivity index (χ0n) is 13.2. The van der Waals surface area contributed by atoms with Gasteiger partial charge in [-0.15, -0.1) is 0 Å². The zero-order valence-corrected chi connectivity index (χ0v) is 15.6. The maximum absolute atomic E-state index is 12.7. The molecular formula is C17H18Cl2N2O2S. The van der Waals surface area contributed by atoms with E-state index in [0.717, 1.165) is 11.3 Å². The Hall–Kier alpha value is -1.27. The summed E-state index contributed by atoms with van der Waals surface area (Å²) in [6.45, 7) is 4.18. The largest absolute Gasteiger partial charge is 0.369 e. The van der Waals surface area contributed by atoms with E-state index in [1.54, 1.807) is 24.3 Å². The summed E-state index contributed by atoms with van der Waals surface area (Å²) in [5.74, 6) is 0. The Balaban J connectivity index is 1.75. The van der Waals surface area contributed by atoms with Crippen molar-refractivity contribution in [3.8, 4) is 0 Å². The van der Waals surface area contributed by atoms with Crippen molar-refractivity contribution >= 4 is 38.9 Å². The molecule has 0 spiro atoms. The van der Waals surface area contributed by atoms with Gasteiger partial charge in [-0.25, -0.2) is 8.42 Å². The Morgan fingerprint density at radius 3 is 2.08 bits per heavy atom. The number of halogens is 2. The molecule has 0 unspecified atom stereocenters. The fourth-order valence-corrected chi connectivity index (χ4v) is 4.56. The normalized spacial score (nSPS) is 16.4. The van der Waals surface area contributed by atoms with E-state index in [0.29, 0.717) is 36.2 Å². The van der Waals surface area contributed by atoms with E-state index < -0.39 is 10.0 Å². The highest BCUT2D eigenvalue weighted by Gasteiger charge is 2.28. The van der Waals surface area contributed by atoms with Crippen LogP contribution in [0.15, 0.2) is 47.4 Å². The topological polar surface area (TPSA) is 40.6 Å². The lowest BCUT2D eigenvalue weighted by molar-refractivity contribution is 0.385. The zero-order chi connectivity index (χ0) is 17.3. The van der Waals surface area contributed by atoms with Crippen molar-refractivity contribution in [2.24, 2.45) is 0 Å². The van der Waals surface area contributed by atoms with E-state index in [9.17, 15) is 8.42 Å². The lowest BCUT2D eigenvalue weighted by atomic mass is 10.1. The Bertz CT molecular complexity index is 830. The van der Waals surface area contributed by atoms with Crippen molar-refractivity contribution in [2.45, 2.75) is 11.8 Å². The molecule has 1 aliphatic heterocycles. The number of sulfonamides is 1.